The standard InChI is InChI=1S/C16H15ClN2O3S2/c1-11-14(17)15(22-18-11)19-24(20,21)16-13(9-10-23-16)8-7-12-5-3-2-4-6-12/h2-6,9-10,19H,7-8H2,1H3. The van der Waals surface area contributed by atoms with Gasteiger partial charge in [0.2, 0.25) is 0 Å². The smallest absolute Gasteiger partial charge is 0.274 e. The van der Waals surface area contributed by atoms with Gasteiger partial charge in [0, 0.05) is 0 Å². The van der Waals surface area contributed by atoms with Crippen molar-refractivity contribution in [3.8, 4) is 0 Å². The first-order valence-corrected chi connectivity index (χ1v) is 9.96. The summed E-state index contributed by atoms with van der Waals surface area (Å²) in [7, 11) is -3.76. The highest BCUT2D eigenvalue weighted by Gasteiger charge is 2.24. The fraction of sp³-hybridized carbons (Fsp3) is 0.188. The van der Waals surface area contributed by atoms with Crippen molar-refractivity contribution in [1.82, 2.24) is 5.16 Å². The first-order valence-electron chi connectivity index (χ1n) is 7.22. The number of aryl methyl sites for hydroxylation is 3. The van der Waals surface area contributed by atoms with Crippen LogP contribution in [0.15, 0.2) is 50.5 Å². The van der Waals surface area contributed by atoms with Crippen LogP contribution in [-0.4, -0.2) is 13.6 Å². The predicted molar refractivity (Wildman–Crippen MR) is 95.2 cm³/mol. The van der Waals surface area contributed by atoms with Crippen LogP contribution in [0.1, 0.15) is 16.8 Å². The number of hydrogen-bond donors (Lipinski definition) is 1. The Labute approximate surface area is 149 Å². The van der Waals surface area contributed by atoms with Crippen LogP contribution in [0.5, 0.6) is 0 Å². The van der Waals surface area contributed by atoms with Crippen LogP contribution in [0.4, 0.5) is 5.88 Å². The quantitative estimate of drug-likeness (QED) is 0.690. The molecule has 3 aromatic rings. The number of sulfonamides is 1. The van der Waals surface area contributed by atoms with Gasteiger partial charge < -0.3 is 4.52 Å². The Bertz CT molecular complexity index is 933. The number of hydrogen-bond acceptors (Lipinski definition) is 5. The van der Waals surface area contributed by atoms with E-state index in [0.717, 1.165) is 17.5 Å². The third-order valence-corrected chi connectivity index (χ3v) is 6.84. The molecule has 1 aromatic carbocycles. The fourth-order valence-corrected chi connectivity index (χ4v) is 4.90. The molecule has 0 amide bonds. The van der Waals surface area contributed by atoms with E-state index in [0.29, 0.717) is 12.1 Å². The molecule has 8 heteroatoms. The van der Waals surface area contributed by atoms with E-state index in [9.17, 15) is 8.42 Å². The lowest BCUT2D eigenvalue weighted by Crippen LogP contribution is -2.13. The average Bonchev–Trinajstić information content (AvgIpc) is 3.16. The van der Waals surface area contributed by atoms with Crippen molar-refractivity contribution in [3.63, 3.8) is 0 Å². The highest BCUT2D eigenvalue weighted by molar-refractivity contribution is 7.94. The molecule has 0 unspecified atom stereocenters. The number of anilines is 1. The normalized spacial score (nSPS) is 11.6. The van der Waals surface area contributed by atoms with Crippen molar-refractivity contribution in [2.24, 2.45) is 0 Å². The molecule has 0 saturated heterocycles. The summed E-state index contributed by atoms with van der Waals surface area (Å²) in [6.07, 6.45) is 1.40. The highest BCUT2D eigenvalue weighted by atomic mass is 35.5. The lowest BCUT2D eigenvalue weighted by Gasteiger charge is -2.07. The van der Waals surface area contributed by atoms with E-state index in [4.69, 9.17) is 16.1 Å². The van der Waals surface area contributed by atoms with Gasteiger partial charge in [0.1, 0.15) is 14.9 Å². The molecule has 0 fully saturated rings. The largest absolute Gasteiger partial charge is 0.336 e. The maximum absolute atomic E-state index is 12.6. The summed E-state index contributed by atoms with van der Waals surface area (Å²) < 4.78 is 32.8. The zero-order valence-electron chi connectivity index (χ0n) is 12.8. The van der Waals surface area contributed by atoms with Crippen molar-refractivity contribution in [2.45, 2.75) is 24.0 Å². The van der Waals surface area contributed by atoms with Gasteiger partial charge in [0.15, 0.2) is 0 Å². The molecule has 24 heavy (non-hydrogen) atoms. The summed E-state index contributed by atoms with van der Waals surface area (Å²) in [6.45, 7) is 1.64. The fourth-order valence-electron chi connectivity index (χ4n) is 2.26. The SMILES string of the molecule is Cc1noc(NS(=O)(=O)c2sccc2CCc2ccccc2)c1Cl. The summed E-state index contributed by atoms with van der Waals surface area (Å²) in [4.78, 5) is 0. The Kier molecular flexibility index (Phi) is 4.93. The van der Waals surface area contributed by atoms with Gasteiger partial charge in [-0.15, -0.1) is 11.3 Å². The van der Waals surface area contributed by atoms with Crippen molar-refractivity contribution >= 4 is 38.8 Å². The van der Waals surface area contributed by atoms with Gasteiger partial charge in [-0.25, -0.2) is 13.1 Å². The molecule has 0 saturated carbocycles. The third kappa shape index (κ3) is 3.63. The minimum Gasteiger partial charge on any atom is -0.336 e. The van der Waals surface area contributed by atoms with Gasteiger partial charge >= 0.3 is 0 Å². The second-order valence-electron chi connectivity index (χ2n) is 5.24. The van der Waals surface area contributed by atoms with Crippen molar-refractivity contribution < 1.29 is 12.9 Å². The maximum Gasteiger partial charge on any atom is 0.274 e. The molecular formula is C16H15ClN2O3S2. The van der Waals surface area contributed by atoms with Crippen molar-refractivity contribution in [3.05, 3.63) is 63.6 Å². The zero-order valence-corrected chi connectivity index (χ0v) is 15.2. The Morgan fingerprint density at radius 1 is 1.21 bits per heavy atom. The molecule has 126 valence electrons. The van der Waals surface area contributed by atoms with Crippen LogP contribution in [-0.2, 0) is 22.9 Å². The molecular weight excluding hydrogens is 368 g/mol. The highest BCUT2D eigenvalue weighted by Crippen LogP contribution is 2.30. The van der Waals surface area contributed by atoms with E-state index < -0.39 is 10.0 Å². The van der Waals surface area contributed by atoms with E-state index in [2.05, 4.69) is 9.88 Å². The second kappa shape index (κ2) is 6.96. The summed E-state index contributed by atoms with van der Waals surface area (Å²) in [5.41, 5.74) is 2.36. The minimum absolute atomic E-state index is 0.0587. The van der Waals surface area contributed by atoms with Crippen LogP contribution in [0.2, 0.25) is 5.02 Å². The Hall–Kier alpha value is -1.83. The van der Waals surface area contributed by atoms with E-state index in [1.807, 2.05) is 36.4 Å². The van der Waals surface area contributed by atoms with Gasteiger partial charge in [-0.1, -0.05) is 47.1 Å². The van der Waals surface area contributed by atoms with Gasteiger partial charge in [-0.3, -0.25) is 0 Å². The maximum atomic E-state index is 12.6. The summed E-state index contributed by atoms with van der Waals surface area (Å²) >= 11 is 7.15. The van der Waals surface area contributed by atoms with E-state index in [1.54, 1.807) is 12.3 Å². The number of thiophene rings is 1. The molecule has 0 aliphatic heterocycles. The minimum atomic E-state index is -3.76. The van der Waals surface area contributed by atoms with E-state index in [1.165, 1.54) is 11.3 Å². The number of aromatic nitrogens is 1. The second-order valence-corrected chi connectivity index (χ2v) is 8.41. The molecule has 5 nitrogen and oxygen atoms in total. The topological polar surface area (TPSA) is 72.2 Å². The summed E-state index contributed by atoms with van der Waals surface area (Å²) in [6, 6.07) is 11.8. The molecule has 2 heterocycles. The number of rotatable bonds is 6. The third-order valence-electron chi connectivity index (χ3n) is 3.49. The molecule has 0 aliphatic rings. The molecule has 2 aromatic heterocycles. The first-order chi connectivity index (χ1) is 11.5. The molecule has 0 aliphatic carbocycles. The molecule has 1 N–H and O–H groups in total. The predicted octanol–water partition coefficient (Wildman–Crippen LogP) is 4.28. The number of nitrogens with zero attached hydrogens (tertiary/aromatic N) is 1. The first kappa shape index (κ1) is 17.0. The zero-order chi connectivity index (χ0) is 17.2. The monoisotopic (exact) mass is 382 g/mol. The van der Waals surface area contributed by atoms with Crippen molar-refractivity contribution in [2.75, 3.05) is 4.72 Å². The molecule has 0 radical (unpaired) electrons. The Balaban J connectivity index is 1.79. The van der Waals surface area contributed by atoms with Gasteiger partial charge in [0.05, 0.1) is 0 Å². The van der Waals surface area contributed by atoms with Gasteiger partial charge in [-0.2, -0.15) is 0 Å². The Morgan fingerprint density at radius 3 is 2.62 bits per heavy atom. The van der Waals surface area contributed by atoms with Gasteiger partial charge in [-0.05, 0) is 42.3 Å². The van der Waals surface area contributed by atoms with Gasteiger partial charge in [0.25, 0.3) is 15.9 Å². The number of benzene rings is 1. The molecule has 0 spiro atoms. The average molecular weight is 383 g/mol. The molecule has 3 rings (SSSR count). The molecule has 0 atom stereocenters. The van der Waals surface area contributed by atoms with E-state index in [-0.39, 0.29) is 15.1 Å². The van der Waals surface area contributed by atoms with Crippen LogP contribution < -0.4 is 4.72 Å². The van der Waals surface area contributed by atoms with Crippen LogP contribution in [0, 0.1) is 6.92 Å². The number of halogens is 1. The van der Waals surface area contributed by atoms with E-state index >= 15 is 0 Å². The van der Waals surface area contributed by atoms with Crippen LogP contribution >= 0.6 is 22.9 Å². The molecule has 0 bridgehead atoms. The Morgan fingerprint density at radius 2 is 1.96 bits per heavy atom. The lowest BCUT2D eigenvalue weighted by molar-refractivity contribution is 0.430. The summed E-state index contributed by atoms with van der Waals surface area (Å²) in [5.74, 6) is -0.0587. The lowest BCUT2D eigenvalue weighted by atomic mass is 10.1. The van der Waals surface area contributed by atoms with Crippen LogP contribution in [0.25, 0.3) is 0 Å². The summed E-state index contributed by atoms with van der Waals surface area (Å²) in [5, 5.41) is 5.58. The number of nitrogens with one attached hydrogen (secondary N) is 1. The van der Waals surface area contributed by atoms with Crippen LogP contribution in [0.3, 0.4) is 0 Å². The van der Waals surface area contributed by atoms with Crippen molar-refractivity contribution in [1.29, 1.82) is 0 Å².